The predicted octanol–water partition coefficient (Wildman–Crippen LogP) is 1.87. The van der Waals surface area contributed by atoms with Crippen molar-refractivity contribution in [2.24, 2.45) is 0 Å². The van der Waals surface area contributed by atoms with Crippen LogP contribution in [0.1, 0.15) is 0 Å². The molecule has 0 aromatic carbocycles. The first-order valence-electron chi connectivity index (χ1n) is 4.08. The minimum absolute atomic E-state index is 0.856. The maximum absolute atomic E-state index is 4.81. The van der Waals surface area contributed by atoms with Gasteiger partial charge in [-0.05, 0) is 29.5 Å². The highest BCUT2D eigenvalue weighted by atomic mass is 32.2. The molecule has 0 aromatic heterocycles. The van der Waals surface area contributed by atoms with Gasteiger partial charge < -0.3 is 9.79 Å². The fourth-order valence-electron chi connectivity index (χ4n) is 1.32. The van der Waals surface area contributed by atoms with Crippen molar-refractivity contribution in [3.63, 3.8) is 0 Å². The van der Waals surface area contributed by atoms with Crippen LogP contribution in [0.2, 0.25) is 0 Å². The van der Waals surface area contributed by atoms with Gasteiger partial charge in [0, 0.05) is 31.4 Å². The summed E-state index contributed by atoms with van der Waals surface area (Å²) in [6.45, 7) is 0.965. The van der Waals surface area contributed by atoms with Gasteiger partial charge in [-0.3, -0.25) is 0 Å². The third-order valence-corrected chi connectivity index (χ3v) is 2.62. The van der Waals surface area contributed by atoms with E-state index in [0.717, 1.165) is 12.3 Å². The lowest BCUT2D eigenvalue weighted by Crippen LogP contribution is -2.20. The minimum atomic E-state index is 0.856. The van der Waals surface area contributed by atoms with Crippen molar-refractivity contribution < 1.29 is 9.22 Å². The summed E-state index contributed by atoms with van der Waals surface area (Å²) in [7, 11) is 2.06. The molecule has 70 valence electrons. The Kier molecular flexibility index (Phi) is 2.61. The molecule has 4 heteroatoms. The van der Waals surface area contributed by atoms with Crippen LogP contribution in [-0.2, 0) is 9.22 Å². The Morgan fingerprint density at radius 1 is 1.46 bits per heavy atom. The molecule has 2 aliphatic heterocycles. The van der Waals surface area contributed by atoms with Gasteiger partial charge in [-0.15, -0.1) is 4.33 Å². The van der Waals surface area contributed by atoms with E-state index in [1.165, 1.54) is 23.2 Å². The predicted molar refractivity (Wildman–Crippen MR) is 52.6 cm³/mol. The Bertz CT molecular complexity index is 279. The lowest BCUT2D eigenvalue weighted by Gasteiger charge is -2.22. The van der Waals surface area contributed by atoms with Gasteiger partial charge in [0.1, 0.15) is 6.26 Å². The molecule has 0 atom stereocenters. The molecular formula is C9H11NO2S. The maximum Gasteiger partial charge on any atom is 0.131 e. The topological polar surface area (TPSA) is 21.7 Å². The van der Waals surface area contributed by atoms with E-state index >= 15 is 0 Å². The van der Waals surface area contributed by atoms with Gasteiger partial charge in [0.05, 0.1) is 0 Å². The standard InChI is InChI=1S/C9H11NO2S/c1-10-4-2-8-3-5-11-12-13-7-9(8)6-10/h2-5H,6-7H2,1H3. The first kappa shape index (κ1) is 8.72. The van der Waals surface area contributed by atoms with E-state index in [0.29, 0.717) is 0 Å². The quantitative estimate of drug-likeness (QED) is 0.436. The van der Waals surface area contributed by atoms with E-state index in [-0.39, 0.29) is 0 Å². The van der Waals surface area contributed by atoms with Gasteiger partial charge in [-0.25, -0.2) is 0 Å². The summed E-state index contributed by atoms with van der Waals surface area (Å²) in [5, 5.41) is 0. The zero-order chi connectivity index (χ0) is 9.10. The van der Waals surface area contributed by atoms with Crippen molar-refractivity contribution in [2.75, 3.05) is 19.3 Å². The van der Waals surface area contributed by atoms with Crippen molar-refractivity contribution in [1.29, 1.82) is 0 Å². The number of rotatable bonds is 0. The Morgan fingerprint density at radius 3 is 3.31 bits per heavy atom. The van der Waals surface area contributed by atoms with Crippen LogP contribution >= 0.6 is 12.0 Å². The monoisotopic (exact) mass is 197 g/mol. The third-order valence-electron chi connectivity index (χ3n) is 1.98. The average molecular weight is 197 g/mol. The molecule has 0 saturated carbocycles. The van der Waals surface area contributed by atoms with Crippen LogP contribution in [0.3, 0.4) is 0 Å². The second kappa shape index (κ2) is 3.89. The summed E-state index contributed by atoms with van der Waals surface area (Å²) in [4.78, 5) is 6.90. The third kappa shape index (κ3) is 2.08. The van der Waals surface area contributed by atoms with E-state index in [9.17, 15) is 0 Å². The number of hydrogen-bond donors (Lipinski definition) is 0. The second-order valence-electron chi connectivity index (χ2n) is 3.02. The zero-order valence-corrected chi connectivity index (χ0v) is 8.21. The van der Waals surface area contributed by atoms with Crippen molar-refractivity contribution in [1.82, 2.24) is 4.90 Å². The SMILES string of the molecule is CN1C=CC2=C(CSOOC=C2)C1. The van der Waals surface area contributed by atoms with Gasteiger partial charge in [-0.1, -0.05) is 0 Å². The fourth-order valence-corrected chi connectivity index (χ4v) is 1.87. The summed E-state index contributed by atoms with van der Waals surface area (Å²) in [6, 6.07) is 0. The first-order chi connectivity index (χ1) is 6.36. The highest BCUT2D eigenvalue weighted by Gasteiger charge is 2.11. The highest BCUT2D eigenvalue weighted by molar-refractivity contribution is 7.94. The summed E-state index contributed by atoms with van der Waals surface area (Å²) in [6.07, 6.45) is 7.65. The van der Waals surface area contributed by atoms with Crippen molar-refractivity contribution >= 4 is 12.0 Å². The van der Waals surface area contributed by atoms with Gasteiger partial charge in [0.15, 0.2) is 0 Å². The lowest BCUT2D eigenvalue weighted by molar-refractivity contribution is -0.129. The van der Waals surface area contributed by atoms with Gasteiger partial charge in [0.2, 0.25) is 0 Å². The van der Waals surface area contributed by atoms with E-state index in [1.807, 2.05) is 6.08 Å². The summed E-state index contributed by atoms with van der Waals surface area (Å²) >= 11 is 1.32. The first-order valence-corrected chi connectivity index (χ1v) is 4.99. The summed E-state index contributed by atoms with van der Waals surface area (Å²) in [5.41, 5.74) is 2.60. The summed E-state index contributed by atoms with van der Waals surface area (Å²) in [5.74, 6) is 0.856. The Morgan fingerprint density at radius 2 is 2.38 bits per heavy atom. The molecule has 0 bridgehead atoms. The zero-order valence-electron chi connectivity index (χ0n) is 7.40. The molecule has 0 saturated heterocycles. The molecule has 0 spiro atoms. The van der Waals surface area contributed by atoms with Gasteiger partial charge >= 0.3 is 0 Å². The van der Waals surface area contributed by atoms with Crippen LogP contribution in [0.15, 0.2) is 35.8 Å². The average Bonchev–Trinajstić information content (AvgIpc) is 2.08. The van der Waals surface area contributed by atoms with Crippen LogP contribution in [0, 0.1) is 0 Å². The molecule has 0 amide bonds. The number of nitrogens with zero attached hydrogens (tertiary/aromatic N) is 1. The van der Waals surface area contributed by atoms with E-state index < -0.39 is 0 Å². The van der Waals surface area contributed by atoms with Crippen LogP contribution in [-0.4, -0.2) is 24.2 Å². The fraction of sp³-hybridized carbons (Fsp3) is 0.333. The molecule has 0 aromatic rings. The number of hydrogen-bond acceptors (Lipinski definition) is 4. The molecule has 2 heterocycles. The minimum Gasteiger partial charge on any atom is -0.376 e. The van der Waals surface area contributed by atoms with Crippen molar-refractivity contribution in [2.45, 2.75) is 0 Å². The Balaban J connectivity index is 2.22. The second-order valence-corrected chi connectivity index (χ2v) is 3.68. The molecule has 0 N–H and O–H groups in total. The van der Waals surface area contributed by atoms with E-state index in [1.54, 1.807) is 6.26 Å². The smallest absolute Gasteiger partial charge is 0.131 e. The van der Waals surface area contributed by atoms with Crippen LogP contribution in [0.25, 0.3) is 0 Å². The summed E-state index contributed by atoms with van der Waals surface area (Å²) < 4.78 is 4.81. The highest BCUT2D eigenvalue weighted by Crippen LogP contribution is 2.22. The maximum atomic E-state index is 4.81. The van der Waals surface area contributed by atoms with Crippen molar-refractivity contribution in [3.05, 3.63) is 35.8 Å². The van der Waals surface area contributed by atoms with Crippen LogP contribution < -0.4 is 0 Å². The molecule has 0 aliphatic carbocycles. The molecule has 2 aliphatic rings. The molecule has 13 heavy (non-hydrogen) atoms. The van der Waals surface area contributed by atoms with E-state index in [2.05, 4.69) is 24.2 Å². The largest absolute Gasteiger partial charge is 0.376 e. The Hall–Kier alpha value is -0.870. The lowest BCUT2D eigenvalue weighted by atomic mass is 10.1. The molecule has 0 radical (unpaired) electrons. The van der Waals surface area contributed by atoms with Crippen LogP contribution in [0.4, 0.5) is 0 Å². The molecule has 0 unspecified atom stereocenters. The van der Waals surface area contributed by atoms with Crippen molar-refractivity contribution in [3.8, 4) is 0 Å². The van der Waals surface area contributed by atoms with Gasteiger partial charge in [-0.2, -0.15) is 0 Å². The molecule has 3 nitrogen and oxygen atoms in total. The number of likely N-dealkylation sites (N-methyl/N-ethyl adjacent to an activating group) is 1. The van der Waals surface area contributed by atoms with Gasteiger partial charge in [0.25, 0.3) is 0 Å². The Labute approximate surface area is 81.8 Å². The molecule has 2 rings (SSSR count). The van der Waals surface area contributed by atoms with Crippen LogP contribution in [0.5, 0.6) is 0 Å². The van der Waals surface area contributed by atoms with E-state index in [4.69, 9.17) is 9.22 Å². The normalized spacial score (nSPS) is 22.1. The number of allylic oxidation sites excluding steroid dienone is 3. The molecular weight excluding hydrogens is 186 g/mol. The molecule has 0 fully saturated rings.